The first-order valence-corrected chi connectivity index (χ1v) is 10.1. The highest BCUT2D eigenvalue weighted by atomic mass is 32.2. The van der Waals surface area contributed by atoms with Crippen LogP contribution in [0, 0.1) is 0 Å². The van der Waals surface area contributed by atoms with E-state index < -0.39 is 11.8 Å². The van der Waals surface area contributed by atoms with E-state index in [1.807, 2.05) is 6.92 Å². The number of nitrogens with zero attached hydrogens (tertiary/aromatic N) is 1. The molecule has 0 aliphatic carbocycles. The predicted octanol–water partition coefficient (Wildman–Crippen LogP) is 1.62. The zero-order valence-corrected chi connectivity index (χ0v) is 16.9. The molecule has 2 heterocycles. The van der Waals surface area contributed by atoms with Crippen LogP contribution in [0.1, 0.15) is 36.8 Å². The third-order valence-corrected chi connectivity index (χ3v) is 5.41. The number of carbonyl (C=O) groups excluding carboxylic acids is 2. The summed E-state index contributed by atoms with van der Waals surface area (Å²) in [5, 5.41) is 3.18. The molecule has 9 nitrogen and oxygen atoms in total. The second-order valence-electron chi connectivity index (χ2n) is 6.45. The standard InChI is InChI=1S/C19H22N4O5S/c1-3-6-29-19-22-17-16(18(26)23-19)11(8-15(25)21-17)10-4-5-12(13(7-10)27-2)28-9-14(20)24/h4-5,7,11H,3,6,8-9H2,1-2H3,(H2,20,24)(H2,21,22,23,25,26)/t11-/m1/s1. The Labute approximate surface area is 171 Å². The molecule has 10 heteroatoms. The highest BCUT2D eigenvalue weighted by Gasteiger charge is 2.31. The van der Waals surface area contributed by atoms with Gasteiger partial charge in [-0.3, -0.25) is 14.4 Å². The molecular weight excluding hydrogens is 396 g/mol. The lowest BCUT2D eigenvalue weighted by atomic mass is 9.86. The number of thioether (sulfide) groups is 1. The van der Waals surface area contributed by atoms with Crippen LogP contribution in [-0.2, 0) is 9.59 Å². The van der Waals surface area contributed by atoms with Gasteiger partial charge in [-0.2, -0.15) is 0 Å². The molecule has 1 aliphatic rings. The number of H-pyrrole nitrogens is 1. The Bertz CT molecular complexity index is 991. The highest BCUT2D eigenvalue weighted by molar-refractivity contribution is 7.99. The Morgan fingerprint density at radius 1 is 1.34 bits per heavy atom. The van der Waals surface area contributed by atoms with E-state index in [0.717, 1.165) is 12.2 Å². The Morgan fingerprint density at radius 2 is 2.14 bits per heavy atom. The third-order valence-electron chi connectivity index (χ3n) is 4.33. The van der Waals surface area contributed by atoms with Crippen LogP contribution in [0.3, 0.4) is 0 Å². The van der Waals surface area contributed by atoms with Gasteiger partial charge in [0.05, 0.1) is 12.7 Å². The number of benzene rings is 1. The molecule has 0 spiro atoms. The maximum Gasteiger partial charge on any atom is 0.257 e. The molecule has 2 aromatic rings. The molecule has 1 aromatic heterocycles. The van der Waals surface area contributed by atoms with Gasteiger partial charge in [-0.25, -0.2) is 4.98 Å². The number of ether oxygens (including phenoxy) is 2. The topological polar surface area (TPSA) is 136 Å². The van der Waals surface area contributed by atoms with Crippen LogP contribution in [-0.4, -0.2) is 41.3 Å². The zero-order chi connectivity index (χ0) is 21.0. The number of nitrogens with one attached hydrogen (secondary N) is 2. The first-order valence-electron chi connectivity index (χ1n) is 9.08. The van der Waals surface area contributed by atoms with Crippen molar-refractivity contribution in [3.8, 4) is 11.5 Å². The minimum atomic E-state index is -0.608. The molecule has 1 atom stereocenters. The van der Waals surface area contributed by atoms with Gasteiger partial charge in [0.25, 0.3) is 11.5 Å². The minimum Gasteiger partial charge on any atom is -0.493 e. The Kier molecular flexibility index (Phi) is 6.42. The number of primary amides is 1. The molecule has 0 bridgehead atoms. The molecule has 1 aliphatic heterocycles. The van der Waals surface area contributed by atoms with Crippen LogP contribution in [0.15, 0.2) is 28.2 Å². The number of anilines is 1. The monoisotopic (exact) mass is 418 g/mol. The van der Waals surface area contributed by atoms with E-state index >= 15 is 0 Å². The van der Waals surface area contributed by atoms with Crippen LogP contribution in [0.5, 0.6) is 11.5 Å². The van der Waals surface area contributed by atoms with Crippen LogP contribution >= 0.6 is 11.8 Å². The van der Waals surface area contributed by atoms with Crippen molar-refractivity contribution in [2.24, 2.45) is 5.73 Å². The average Bonchev–Trinajstić information content (AvgIpc) is 2.69. The van der Waals surface area contributed by atoms with E-state index in [0.29, 0.717) is 27.8 Å². The van der Waals surface area contributed by atoms with Crippen molar-refractivity contribution in [1.29, 1.82) is 0 Å². The summed E-state index contributed by atoms with van der Waals surface area (Å²) in [6.07, 6.45) is 1.04. The first-order chi connectivity index (χ1) is 13.9. The molecule has 4 N–H and O–H groups in total. The molecule has 0 unspecified atom stereocenters. The third kappa shape index (κ3) is 4.70. The van der Waals surface area contributed by atoms with E-state index in [9.17, 15) is 14.4 Å². The number of fused-ring (bicyclic) bond motifs is 1. The number of nitrogens with two attached hydrogens (primary N) is 1. The Morgan fingerprint density at radius 3 is 2.83 bits per heavy atom. The number of rotatable bonds is 8. The molecule has 0 saturated carbocycles. The van der Waals surface area contributed by atoms with Gasteiger partial charge in [-0.05, 0) is 24.1 Å². The van der Waals surface area contributed by atoms with Crippen molar-refractivity contribution in [3.63, 3.8) is 0 Å². The fourth-order valence-electron chi connectivity index (χ4n) is 3.07. The molecule has 2 amide bonds. The SMILES string of the molecule is CCCSc1nc2c(c(=O)[nH]1)[C@@H](c1ccc(OCC(N)=O)c(OC)c1)CC(=O)N2. The van der Waals surface area contributed by atoms with Crippen LogP contribution in [0.25, 0.3) is 0 Å². The molecule has 0 fully saturated rings. The van der Waals surface area contributed by atoms with Gasteiger partial charge in [0, 0.05) is 18.1 Å². The average molecular weight is 418 g/mol. The zero-order valence-electron chi connectivity index (χ0n) is 16.1. The summed E-state index contributed by atoms with van der Waals surface area (Å²) in [4.78, 5) is 43.2. The molecule has 154 valence electrons. The molecule has 1 aromatic carbocycles. The van der Waals surface area contributed by atoms with Gasteiger partial charge in [0.2, 0.25) is 5.91 Å². The molecular formula is C19H22N4O5S. The van der Waals surface area contributed by atoms with Gasteiger partial charge in [0.15, 0.2) is 23.3 Å². The van der Waals surface area contributed by atoms with Crippen molar-refractivity contribution in [3.05, 3.63) is 39.7 Å². The van der Waals surface area contributed by atoms with E-state index in [1.54, 1.807) is 18.2 Å². The van der Waals surface area contributed by atoms with Gasteiger partial charge in [-0.1, -0.05) is 24.8 Å². The maximum absolute atomic E-state index is 12.8. The smallest absolute Gasteiger partial charge is 0.257 e. The summed E-state index contributed by atoms with van der Waals surface area (Å²) in [5.74, 6) is 0.484. The summed E-state index contributed by atoms with van der Waals surface area (Å²) in [6.45, 7) is 1.75. The molecule has 29 heavy (non-hydrogen) atoms. The molecule has 0 saturated heterocycles. The minimum absolute atomic E-state index is 0.101. The van der Waals surface area contributed by atoms with E-state index in [-0.39, 0.29) is 30.3 Å². The predicted molar refractivity (Wildman–Crippen MR) is 109 cm³/mol. The lowest BCUT2D eigenvalue weighted by molar-refractivity contribution is -0.120. The number of aromatic nitrogens is 2. The number of methoxy groups -OCH3 is 1. The van der Waals surface area contributed by atoms with Crippen molar-refractivity contribution < 1.29 is 19.1 Å². The van der Waals surface area contributed by atoms with E-state index in [1.165, 1.54) is 18.9 Å². The van der Waals surface area contributed by atoms with E-state index in [4.69, 9.17) is 15.2 Å². The van der Waals surface area contributed by atoms with Crippen molar-refractivity contribution in [1.82, 2.24) is 9.97 Å². The van der Waals surface area contributed by atoms with Gasteiger partial charge in [0.1, 0.15) is 5.82 Å². The van der Waals surface area contributed by atoms with E-state index in [2.05, 4.69) is 15.3 Å². The summed E-state index contributed by atoms with van der Waals surface area (Å²) < 4.78 is 10.7. The largest absolute Gasteiger partial charge is 0.493 e. The number of carbonyl (C=O) groups is 2. The summed E-state index contributed by atoms with van der Waals surface area (Å²) in [7, 11) is 1.46. The first kappa shape index (κ1) is 20.7. The maximum atomic E-state index is 12.8. The van der Waals surface area contributed by atoms with Gasteiger partial charge in [-0.15, -0.1) is 0 Å². The number of hydrogen-bond donors (Lipinski definition) is 3. The Balaban J connectivity index is 1.99. The van der Waals surface area contributed by atoms with Gasteiger partial charge < -0.3 is 25.5 Å². The Hall–Kier alpha value is -3.01. The van der Waals surface area contributed by atoms with Gasteiger partial charge >= 0.3 is 0 Å². The second-order valence-corrected chi connectivity index (χ2v) is 7.54. The fourth-order valence-corrected chi connectivity index (χ4v) is 3.79. The number of aromatic amines is 1. The lowest BCUT2D eigenvalue weighted by Crippen LogP contribution is -2.31. The summed E-state index contributed by atoms with van der Waals surface area (Å²) in [6, 6.07) is 5.03. The lowest BCUT2D eigenvalue weighted by Gasteiger charge is -2.25. The fraction of sp³-hybridized carbons (Fsp3) is 0.368. The summed E-state index contributed by atoms with van der Waals surface area (Å²) in [5.41, 5.74) is 5.93. The summed E-state index contributed by atoms with van der Waals surface area (Å²) >= 11 is 1.43. The molecule has 3 rings (SSSR count). The number of hydrogen-bond acceptors (Lipinski definition) is 7. The quantitative estimate of drug-likeness (QED) is 0.438. The van der Waals surface area contributed by atoms with Crippen molar-refractivity contribution in [2.45, 2.75) is 30.8 Å². The highest BCUT2D eigenvalue weighted by Crippen LogP contribution is 2.38. The van der Waals surface area contributed by atoms with Crippen molar-refractivity contribution in [2.75, 3.05) is 24.8 Å². The van der Waals surface area contributed by atoms with Crippen LogP contribution in [0.4, 0.5) is 5.82 Å². The normalized spacial score (nSPS) is 15.4. The van der Waals surface area contributed by atoms with Crippen molar-refractivity contribution >= 4 is 29.4 Å². The molecule has 0 radical (unpaired) electrons. The second kappa shape index (κ2) is 8.99. The van der Waals surface area contributed by atoms with Crippen LogP contribution in [0.2, 0.25) is 0 Å². The number of amides is 2. The van der Waals surface area contributed by atoms with Crippen LogP contribution < -0.4 is 26.1 Å².